The molecule has 0 atom stereocenters. The van der Waals surface area contributed by atoms with Gasteiger partial charge in [-0.3, -0.25) is 15.0 Å². The van der Waals surface area contributed by atoms with Crippen LogP contribution < -0.4 is 14.4 Å². The molecule has 0 radical (unpaired) electrons. The molecule has 1 fully saturated rings. The van der Waals surface area contributed by atoms with Crippen molar-refractivity contribution in [2.45, 2.75) is 20.1 Å². The van der Waals surface area contributed by atoms with Gasteiger partial charge < -0.3 is 19.1 Å². The Kier molecular flexibility index (Phi) is 5.82. The lowest BCUT2D eigenvalue weighted by atomic mass is 10.1. The minimum Gasteiger partial charge on any atom is -0.492 e. The monoisotopic (exact) mass is 399 g/mol. The van der Waals surface area contributed by atoms with Crippen LogP contribution in [0.15, 0.2) is 36.4 Å². The first-order valence-electron chi connectivity index (χ1n) is 9.85. The van der Waals surface area contributed by atoms with Crippen LogP contribution in [0.5, 0.6) is 11.5 Å². The average molecular weight is 399 g/mol. The lowest BCUT2D eigenvalue weighted by Crippen LogP contribution is -2.46. The number of nitro benzene ring substituents is 1. The fraction of sp³-hybridized carbons (Fsp3) is 0.429. The number of benzene rings is 2. The highest BCUT2D eigenvalue weighted by Crippen LogP contribution is 2.34. The van der Waals surface area contributed by atoms with E-state index in [-0.39, 0.29) is 17.4 Å². The largest absolute Gasteiger partial charge is 0.492 e. The predicted octanol–water partition coefficient (Wildman–Crippen LogP) is 3.18. The van der Waals surface area contributed by atoms with Crippen LogP contribution in [0.2, 0.25) is 0 Å². The first kappa shape index (κ1) is 19.5. The summed E-state index contributed by atoms with van der Waals surface area (Å²) in [6.45, 7) is 7.20. The Hall–Kier alpha value is -2.84. The van der Waals surface area contributed by atoms with Crippen LogP contribution in [0.1, 0.15) is 18.1 Å². The zero-order valence-electron chi connectivity index (χ0n) is 16.5. The Morgan fingerprint density at radius 2 is 1.97 bits per heavy atom. The van der Waals surface area contributed by atoms with Crippen molar-refractivity contribution in [1.82, 2.24) is 4.90 Å². The van der Waals surface area contributed by atoms with E-state index in [1.807, 2.05) is 25.1 Å². The van der Waals surface area contributed by atoms with Gasteiger partial charge in [-0.2, -0.15) is 0 Å². The van der Waals surface area contributed by atoms with Gasteiger partial charge in [0.15, 0.2) is 6.79 Å². The van der Waals surface area contributed by atoms with Gasteiger partial charge in [-0.15, -0.1) is 0 Å². The van der Waals surface area contributed by atoms with Gasteiger partial charge in [0.05, 0.1) is 23.8 Å². The Bertz CT molecular complexity index is 881. The van der Waals surface area contributed by atoms with Gasteiger partial charge in [0.1, 0.15) is 11.5 Å². The molecule has 2 aromatic carbocycles. The van der Waals surface area contributed by atoms with E-state index in [1.54, 1.807) is 12.1 Å². The maximum absolute atomic E-state index is 11.3. The second-order valence-electron chi connectivity index (χ2n) is 7.12. The summed E-state index contributed by atoms with van der Waals surface area (Å²) in [5, 5.41) is 11.3. The molecule has 0 unspecified atom stereocenters. The lowest BCUT2D eigenvalue weighted by molar-refractivity contribution is -0.385. The van der Waals surface area contributed by atoms with Crippen LogP contribution in [0.4, 0.5) is 11.4 Å². The van der Waals surface area contributed by atoms with Crippen molar-refractivity contribution >= 4 is 11.4 Å². The summed E-state index contributed by atoms with van der Waals surface area (Å²) in [6.07, 6.45) is 0. The third-order valence-electron chi connectivity index (χ3n) is 5.25. The molecule has 2 aliphatic rings. The van der Waals surface area contributed by atoms with E-state index in [0.717, 1.165) is 54.5 Å². The van der Waals surface area contributed by atoms with E-state index in [9.17, 15) is 10.1 Å². The van der Waals surface area contributed by atoms with E-state index in [0.29, 0.717) is 19.8 Å². The third-order valence-corrected chi connectivity index (χ3v) is 5.25. The van der Waals surface area contributed by atoms with Crippen molar-refractivity contribution in [1.29, 1.82) is 0 Å². The fourth-order valence-corrected chi connectivity index (χ4v) is 3.89. The second kappa shape index (κ2) is 8.67. The number of fused-ring (bicyclic) bond motifs is 1. The molecule has 0 aromatic heterocycles. The number of nitro groups is 1. The molecular formula is C21H25N3O5. The first-order chi connectivity index (χ1) is 14.2. The van der Waals surface area contributed by atoms with Crippen LogP contribution in [0.25, 0.3) is 0 Å². The summed E-state index contributed by atoms with van der Waals surface area (Å²) in [5.74, 6) is 1.63. The highest BCUT2D eigenvalue weighted by atomic mass is 16.7. The molecule has 0 saturated carbocycles. The Labute approximate surface area is 169 Å². The molecule has 0 bridgehead atoms. The van der Waals surface area contributed by atoms with Gasteiger partial charge in [0, 0.05) is 56.0 Å². The van der Waals surface area contributed by atoms with Crippen molar-refractivity contribution in [3.8, 4) is 11.5 Å². The summed E-state index contributed by atoms with van der Waals surface area (Å²) >= 11 is 0. The highest BCUT2D eigenvalue weighted by Gasteiger charge is 2.25. The summed E-state index contributed by atoms with van der Waals surface area (Å²) in [5.41, 5.74) is 2.78. The van der Waals surface area contributed by atoms with E-state index in [1.165, 1.54) is 0 Å². The summed E-state index contributed by atoms with van der Waals surface area (Å²) in [7, 11) is 0. The number of hydrogen-bond acceptors (Lipinski definition) is 7. The molecule has 2 aliphatic heterocycles. The van der Waals surface area contributed by atoms with Crippen LogP contribution in [-0.2, 0) is 17.9 Å². The molecule has 2 heterocycles. The van der Waals surface area contributed by atoms with Crippen molar-refractivity contribution < 1.29 is 19.1 Å². The fourth-order valence-electron chi connectivity index (χ4n) is 3.89. The molecule has 8 heteroatoms. The molecule has 2 aromatic rings. The number of para-hydroxylation sites is 2. The number of nitrogens with zero attached hydrogens (tertiary/aromatic N) is 3. The SMILES string of the molecule is CCOc1ccccc1N1CCN(Cc2cc([N+](=O)[O-])cc3c2OCOC3)CC1. The zero-order valence-corrected chi connectivity index (χ0v) is 16.5. The molecule has 0 spiro atoms. The first-order valence-corrected chi connectivity index (χ1v) is 9.85. The minimum atomic E-state index is -0.360. The van der Waals surface area contributed by atoms with Crippen LogP contribution >= 0.6 is 0 Å². The Morgan fingerprint density at radius 1 is 1.17 bits per heavy atom. The molecule has 154 valence electrons. The van der Waals surface area contributed by atoms with Crippen molar-refractivity contribution in [2.75, 3.05) is 44.5 Å². The molecule has 0 amide bonds. The topological polar surface area (TPSA) is 77.3 Å². The minimum absolute atomic E-state index is 0.0807. The van der Waals surface area contributed by atoms with Crippen LogP contribution in [0, 0.1) is 10.1 Å². The van der Waals surface area contributed by atoms with Gasteiger partial charge in [-0.1, -0.05) is 12.1 Å². The van der Waals surface area contributed by atoms with Crippen molar-refractivity contribution in [3.05, 3.63) is 57.6 Å². The van der Waals surface area contributed by atoms with Gasteiger partial charge in [-0.05, 0) is 19.1 Å². The molecular weight excluding hydrogens is 374 g/mol. The number of piperazine rings is 1. The quantitative estimate of drug-likeness (QED) is 0.545. The predicted molar refractivity (Wildman–Crippen MR) is 108 cm³/mol. The van der Waals surface area contributed by atoms with E-state index in [4.69, 9.17) is 14.2 Å². The Morgan fingerprint density at radius 3 is 2.72 bits per heavy atom. The normalized spacial score (nSPS) is 16.8. The molecule has 0 N–H and O–H groups in total. The number of anilines is 1. The van der Waals surface area contributed by atoms with Gasteiger partial charge >= 0.3 is 0 Å². The number of rotatable bonds is 6. The van der Waals surface area contributed by atoms with Crippen LogP contribution in [0.3, 0.4) is 0 Å². The third kappa shape index (κ3) is 4.28. The Balaban J connectivity index is 1.47. The number of hydrogen-bond donors (Lipinski definition) is 0. The van der Waals surface area contributed by atoms with Gasteiger partial charge in [-0.25, -0.2) is 0 Å². The molecule has 1 saturated heterocycles. The lowest BCUT2D eigenvalue weighted by Gasteiger charge is -2.37. The molecule has 4 rings (SSSR count). The summed E-state index contributed by atoms with van der Waals surface area (Å²) in [6, 6.07) is 11.3. The molecule has 29 heavy (non-hydrogen) atoms. The maximum Gasteiger partial charge on any atom is 0.270 e. The molecule has 0 aliphatic carbocycles. The highest BCUT2D eigenvalue weighted by molar-refractivity contribution is 5.58. The number of ether oxygens (including phenoxy) is 3. The van der Waals surface area contributed by atoms with E-state index in [2.05, 4.69) is 15.9 Å². The van der Waals surface area contributed by atoms with Crippen molar-refractivity contribution in [3.63, 3.8) is 0 Å². The maximum atomic E-state index is 11.3. The van der Waals surface area contributed by atoms with Gasteiger partial charge in [0.2, 0.25) is 0 Å². The standard InChI is InChI=1S/C21H25N3O5/c1-2-28-20-6-4-3-5-19(20)23-9-7-22(8-10-23)13-16-11-18(24(25)26)12-17-14-27-15-29-21(16)17/h3-6,11-12H,2,7-10,13-15H2,1H3. The second-order valence-corrected chi connectivity index (χ2v) is 7.12. The van der Waals surface area contributed by atoms with E-state index >= 15 is 0 Å². The number of non-ortho nitro benzene ring substituents is 1. The summed E-state index contributed by atoms with van der Waals surface area (Å²) < 4.78 is 16.7. The van der Waals surface area contributed by atoms with Crippen molar-refractivity contribution in [2.24, 2.45) is 0 Å². The smallest absolute Gasteiger partial charge is 0.270 e. The molecule has 8 nitrogen and oxygen atoms in total. The van der Waals surface area contributed by atoms with Crippen LogP contribution in [-0.4, -0.2) is 49.4 Å². The van der Waals surface area contributed by atoms with E-state index < -0.39 is 0 Å². The zero-order chi connectivity index (χ0) is 20.2. The average Bonchev–Trinajstić information content (AvgIpc) is 2.75. The van der Waals surface area contributed by atoms with Gasteiger partial charge in [0.25, 0.3) is 5.69 Å². The summed E-state index contributed by atoms with van der Waals surface area (Å²) in [4.78, 5) is 15.6.